The second-order valence-corrected chi connectivity index (χ2v) is 7.62. The van der Waals surface area contributed by atoms with E-state index in [0.29, 0.717) is 0 Å². The van der Waals surface area contributed by atoms with Crippen molar-refractivity contribution in [3.63, 3.8) is 0 Å². The van der Waals surface area contributed by atoms with Crippen LogP contribution in [0.2, 0.25) is 0 Å². The molecule has 0 saturated heterocycles. The topological polar surface area (TPSA) is 15.6 Å². The maximum atomic E-state index is 4.97. The van der Waals surface area contributed by atoms with E-state index >= 15 is 0 Å². The van der Waals surface area contributed by atoms with E-state index in [9.17, 15) is 0 Å². The van der Waals surface area contributed by atoms with Crippen molar-refractivity contribution in [3.8, 4) is 0 Å². The molecule has 0 unspecified atom stereocenters. The Kier molecular flexibility index (Phi) is 7.07. The average Bonchev–Trinajstić information content (AvgIpc) is 2.73. The Morgan fingerprint density at radius 3 is 2.04 bits per heavy atom. The summed E-state index contributed by atoms with van der Waals surface area (Å²) in [5.74, 6) is 0.955. The first-order valence-corrected chi connectivity index (χ1v) is 10.4. The van der Waals surface area contributed by atoms with Gasteiger partial charge < -0.3 is 0 Å². The van der Waals surface area contributed by atoms with Gasteiger partial charge in [0.05, 0.1) is 0 Å². The van der Waals surface area contributed by atoms with Crippen molar-refractivity contribution >= 4 is 15.9 Å². The zero-order valence-corrected chi connectivity index (χ0v) is 18.3. The Morgan fingerprint density at radius 2 is 1.41 bits per heavy atom. The van der Waals surface area contributed by atoms with E-state index in [4.69, 9.17) is 4.99 Å². The molecule has 0 bridgehead atoms. The van der Waals surface area contributed by atoms with E-state index in [2.05, 4.69) is 96.9 Å². The van der Waals surface area contributed by atoms with Gasteiger partial charge in [0.25, 0.3) is 0 Å². The number of nitrogens with zero attached hydrogens (tertiary/aromatic N) is 2. The zero-order chi connectivity index (χ0) is 18.9. The van der Waals surface area contributed by atoms with Gasteiger partial charge in [0.15, 0.2) is 0 Å². The molecular weight excluding hydrogens is 500 g/mol. The van der Waals surface area contributed by atoms with Gasteiger partial charge in [0.1, 0.15) is 0 Å². The Morgan fingerprint density at radius 1 is 0.852 bits per heavy atom. The van der Waals surface area contributed by atoms with Crippen LogP contribution in [0, 0.1) is 0 Å². The third-order valence-electron chi connectivity index (χ3n) is 4.11. The summed E-state index contributed by atoms with van der Waals surface area (Å²) in [5, 5.41) is 0. The first-order chi connectivity index (χ1) is 13.2. The minimum atomic E-state index is 0.816. The van der Waals surface area contributed by atoms with Gasteiger partial charge in [0, 0.05) is 0 Å². The molecule has 3 rings (SSSR count). The fourth-order valence-electron chi connectivity index (χ4n) is 2.67. The van der Waals surface area contributed by atoms with Crippen LogP contribution in [-0.4, -0.2) is 21.8 Å². The second-order valence-electron chi connectivity index (χ2n) is 6.23. The summed E-state index contributed by atoms with van der Waals surface area (Å²) in [6, 6.07) is 31.2. The van der Waals surface area contributed by atoms with Crippen molar-refractivity contribution in [2.24, 2.45) is 4.99 Å². The molecule has 0 N–H and O–H groups in total. The fraction of sp³-hybridized carbons (Fsp3) is 0.0833. The molecule has 0 amide bonds. The normalized spacial score (nSPS) is 11.5. The second kappa shape index (κ2) is 9.94. The van der Waals surface area contributed by atoms with E-state index in [-0.39, 0.29) is 0 Å². The van der Waals surface area contributed by atoms with Crippen LogP contribution >= 0.6 is 0 Å². The van der Waals surface area contributed by atoms with Crippen LogP contribution in [0.4, 0.5) is 0 Å². The van der Waals surface area contributed by atoms with Crippen molar-refractivity contribution in [2.45, 2.75) is 6.54 Å². The Hall–Kier alpha value is -2.57. The van der Waals surface area contributed by atoms with Crippen molar-refractivity contribution < 1.29 is 19.4 Å². The third-order valence-corrected chi connectivity index (χ3v) is 5.29. The molecule has 0 saturated carbocycles. The molecule has 0 atom stereocenters. The molecule has 0 aliphatic rings. The number of aliphatic imine (C=N–C) groups is 1. The van der Waals surface area contributed by atoms with Crippen molar-refractivity contribution in [3.05, 3.63) is 114 Å². The molecule has 0 heterocycles. The van der Waals surface area contributed by atoms with Crippen LogP contribution in [0.3, 0.4) is 0 Å². The Bertz CT molecular complexity index is 916. The summed E-state index contributed by atoms with van der Waals surface area (Å²) in [6.45, 7) is 0.816. The number of hydrogen-bond acceptors (Lipinski definition) is 1. The maximum absolute atomic E-state index is 4.97. The van der Waals surface area contributed by atoms with Gasteiger partial charge >= 0.3 is 173 Å². The van der Waals surface area contributed by atoms with Crippen molar-refractivity contribution in [2.75, 3.05) is 7.05 Å². The van der Waals surface area contributed by atoms with Crippen LogP contribution < -0.4 is 0 Å². The van der Waals surface area contributed by atoms with Crippen molar-refractivity contribution in [1.82, 2.24) is 4.90 Å². The average molecular weight is 522 g/mol. The monoisotopic (exact) mass is 522 g/mol. The predicted molar refractivity (Wildman–Crippen MR) is 111 cm³/mol. The van der Waals surface area contributed by atoms with Gasteiger partial charge in [-0.15, -0.1) is 0 Å². The molecule has 2 nitrogen and oxygen atoms in total. The van der Waals surface area contributed by atoms with Gasteiger partial charge in [0.2, 0.25) is 0 Å². The summed E-state index contributed by atoms with van der Waals surface area (Å²) < 4.78 is 1.09. The van der Waals surface area contributed by atoms with Gasteiger partial charge in [-0.25, -0.2) is 0 Å². The molecule has 3 heteroatoms. The van der Waals surface area contributed by atoms with E-state index < -0.39 is 0 Å². The van der Waals surface area contributed by atoms with E-state index in [1.807, 2.05) is 18.2 Å². The van der Waals surface area contributed by atoms with Crippen LogP contribution in [0.1, 0.15) is 16.7 Å². The Labute approximate surface area is 172 Å². The first kappa shape index (κ1) is 19.2. The first-order valence-electron chi connectivity index (χ1n) is 8.88. The Balaban J connectivity index is 1.86. The number of likely N-dealkylation sites (N-methyl/N-ethyl adjacent to an activating group) is 1. The standard InChI is InChI=1S/C24H22N2.W/c1-26(20-23-15-9-4-10-16-23)24(18-17-21-11-5-2-6-12-21)25-19-22-13-7-3-8-14-22;/h2-18H,20H2,1H3;/b18-17+;. The molecule has 0 spiro atoms. The molecule has 0 radical (unpaired) electrons. The molecule has 0 aliphatic heterocycles. The predicted octanol–water partition coefficient (Wildman–Crippen LogP) is 4.96. The van der Waals surface area contributed by atoms with E-state index in [1.54, 1.807) is 0 Å². The summed E-state index contributed by atoms with van der Waals surface area (Å²) in [6.07, 6.45) is 4.22. The van der Waals surface area contributed by atoms with Gasteiger partial charge in [-0.2, -0.15) is 0 Å². The minimum absolute atomic E-state index is 0.816. The van der Waals surface area contributed by atoms with Gasteiger partial charge in [-0.3, -0.25) is 0 Å². The van der Waals surface area contributed by atoms with Crippen LogP contribution in [-0.2, 0) is 25.9 Å². The number of benzene rings is 3. The zero-order valence-electron chi connectivity index (χ0n) is 15.3. The molecule has 134 valence electrons. The number of hydrogen-bond donors (Lipinski definition) is 0. The number of amidine groups is 1. The van der Waals surface area contributed by atoms with Gasteiger partial charge in [-0.1, -0.05) is 0 Å². The quantitative estimate of drug-likeness (QED) is 0.331. The summed E-state index contributed by atoms with van der Waals surface area (Å²) in [4.78, 5) is 7.16. The molecular formula is C24H22N2W. The molecule has 0 aromatic heterocycles. The molecule has 3 aromatic rings. The molecule has 0 aliphatic carbocycles. The van der Waals surface area contributed by atoms with Crippen molar-refractivity contribution in [1.29, 1.82) is 0 Å². The summed E-state index contributed by atoms with van der Waals surface area (Å²) in [7, 11) is 2.09. The summed E-state index contributed by atoms with van der Waals surface area (Å²) in [5.41, 5.74) is 3.61. The van der Waals surface area contributed by atoms with Crippen LogP contribution in [0.15, 0.2) is 102 Å². The van der Waals surface area contributed by atoms with Gasteiger partial charge in [-0.05, 0) is 0 Å². The van der Waals surface area contributed by atoms with E-state index in [1.165, 1.54) is 36.0 Å². The van der Waals surface area contributed by atoms with Crippen LogP contribution in [0.5, 0.6) is 0 Å². The number of rotatable bonds is 6. The third kappa shape index (κ3) is 5.98. The fourth-order valence-corrected chi connectivity index (χ4v) is 3.50. The molecule has 3 aromatic carbocycles. The molecule has 27 heavy (non-hydrogen) atoms. The summed E-state index contributed by atoms with van der Waals surface area (Å²) >= 11 is 1.36. The SMILES string of the molecule is CN(Cc1ccccc1)C(/C=C/c1ccccc1)=N[C](=[W])c1ccccc1. The van der Waals surface area contributed by atoms with Crippen LogP contribution in [0.25, 0.3) is 6.08 Å². The van der Waals surface area contributed by atoms with E-state index in [0.717, 1.165) is 16.4 Å². The molecule has 0 fully saturated rings.